The molecule has 0 aliphatic carbocycles. The van der Waals surface area contributed by atoms with Gasteiger partial charge in [0.05, 0.1) is 13.3 Å². The maximum atomic E-state index is 14.0. The maximum absolute atomic E-state index is 14.0. The minimum atomic E-state index is -0.548. The van der Waals surface area contributed by atoms with Crippen LogP contribution in [-0.4, -0.2) is 18.0 Å². The van der Waals surface area contributed by atoms with E-state index in [9.17, 15) is 9.18 Å². The summed E-state index contributed by atoms with van der Waals surface area (Å²) in [7, 11) is 1.54. The zero-order valence-corrected chi connectivity index (χ0v) is 13.1. The Kier molecular flexibility index (Phi) is 4.45. The van der Waals surface area contributed by atoms with E-state index in [4.69, 9.17) is 4.74 Å². The third-order valence-corrected chi connectivity index (χ3v) is 3.22. The number of amides is 1. The molecule has 1 aromatic carbocycles. The first-order valence-corrected chi connectivity index (χ1v) is 6.92. The quantitative estimate of drug-likeness (QED) is 0.936. The summed E-state index contributed by atoms with van der Waals surface area (Å²) < 4.78 is 19.2. The van der Waals surface area contributed by atoms with Crippen molar-refractivity contribution in [1.82, 2.24) is 4.98 Å². The molecule has 0 aliphatic heterocycles. The number of benzene rings is 1. The number of carbonyl (C=O) groups excluding carboxylic acids is 1. The van der Waals surface area contributed by atoms with Crippen LogP contribution in [0.1, 0.15) is 20.8 Å². The first kappa shape index (κ1) is 15.9. The number of nitrogens with one attached hydrogen (secondary N) is 1. The van der Waals surface area contributed by atoms with Gasteiger partial charge in [-0.25, -0.2) is 4.39 Å². The van der Waals surface area contributed by atoms with Crippen LogP contribution in [0.5, 0.6) is 5.75 Å². The lowest BCUT2D eigenvalue weighted by Crippen LogP contribution is -2.27. The van der Waals surface area contributed by atoms with Crippen LogP contribution in [0.3, 0.4) is 0 Å². The highest BCUT2D eigenvalue weighted by Gasteiger charge is 2.23. The highest BCUT2D eigenvalue weighted by Crippen LogP contribution is 2.34. The topological polar surface area (TPSA) is 51.2 Å². The minimum absolute atomic E-state index is 0.145. The fourth-order valence-electron chi connectivity index (χ4n) is 1.89. The van der Waals surface area contributed by atoms with Gasteiger partial charge in [-0.05, 0) is 24.3 Å². The molecule has 2 aromatic rings. The molecule has 22 heavy (non-hydrogen) atoms. The monoisotopic (exact) mass is 302 g/mol. The summed E-state index contributed by atoms with van der Waals surface area (Å²) in [6.45, 7) is 5.45. The van der Waals surface area contributed by atoms with Crippen LogP contribution in [0.25, 0.3) is 11.1 Å². The Bertz CT molecular complexity index is 693. The predicted octanol–water partition coefficient (Wildman–Crippen LogP) is 3.88. The van der Waals surface area contributed by atoms with Crippen LogP contribution in [0.2, 0.25) is 0 Å². The van der Waals surface area contributed by atoms with Crippen molar-refractivity contribution in [2.45, 2.75) is 20.8 Å². The predicted molar refractivity (Wildman–Crippen MR) is 84.3 cm³/mol. The standard InChI is InChI=1S/C17H19FN2O2/c1-17(2,3)16(21)20-15-6-5-11(22-4)9-13(15)12-7-8-19-10-14(12)18/h5-10H,1-4H3,(H,20,21). The lowest BCUT2D eigenvalue weighted by Gasteiger charge is -2.20. The molecule has 1 N–H and O–H groups in total. The van der Waals surface area contributed by atoms with Gasteiger partial charge in [0.15, 0.2) is 0 Å². The molecule has 0 fully saturated rings. The fourth-order valence-corrected chi connectivity index (χ4v) is 1.89. The van der Waals surface area contributed by atoms with Gasteiger partial charge < -0.3 is 10.1 Å². The number of hydrogen-bond acceptors (Lipinski definition) is 3. The number of rotatable bonds is 3. The normalized spacial score (nSPS) is 11.1. The van der Waals surface area contributed by atoms with Gasteiger partial charge in [-0.3, -0.25) is 9.78 Å². The molecule has 0 aliphatic rings. The van der Waals surface area contributed by atoms with Crippen LogP contribution < -0.4 is 10.1 Å². The molecule has 4 nitrogen and oxygen atoms in total. The van der Waals surface area contributed by atoms with Gasteiger partial charge in [-0.2, -0.15) is 0 Å². The summed E-state index contributed by atoms with van der Waals surface area (Å²) in [5.41, 5.74) is 0.898. The van der Waals surface area contributed by atoms with E-state index < -0.39 is 11.2 Å². The highest BCUT2D eigenvalue weighted by molar-refractivity contribution is 5.98. The molecule has 1 amide bonds. The zero-order chi connectivity index (χ0) is 16.3. The molecular weight excluding hydrogens is 283 g/mol. The van der Waals surface area contributed by atoms with Crippen molar-refractivity contribution in [3.8, 4) is 16.9 Å². The molecule has 0 atom stereocenters. The second-order valence-corrected chi connectivity index (χ2v) is 5.97. The molecule has 0 bridgehead atoms. The zero-order valence-electron chi connectivity index (χ0n) is 13.1. The van der Waals surface area contributed by atoms with E-state index in [1.54, 1.807) is 24.3 Å². The molecule has 0 unspecified atom stereocenters. The van der Waals surface area contributed by atoms with E-state index in [1.165, 1.54) is 13.3 Å². The van der Waals surface area contributed by atoms with Gasteiger partial charge in [0, 0.05) is 28.4 Å². The lowest BCUT2D eigenvalue weighted by atomic mass is 9.95. The summed E-state index contributed by atoms with van der Waals surface area (Å²) in [4.78, 5) is 16.0. The van der Waals surface area contributed by atoms with Crippen molar-refractivity contribution in [1.29, 1.82) is 0 Å². The van der Waals surface area contributed by atoms with Crippen LogP contribution in [0.4, 0.5) is 10.1 Å². The molecule has 0 radical (unpaired) electrons. The molecule has 1 heterocycles. The van der Waals surface area contributed by atoms with Crippen LogP contribution >= 0.6 is 0 Å². The van der Waals surface area contributed by atoms with Crippen molar-refractivity contribution >= 4 is 11.6 Å². The number of nitrogens with zero attached hydrogens (tertiary/aromatic N) is 1. The maximum Gasteiger partial charge on any atom is 0.229 e. The molecule has 0 saturated carbocycles. The molecule has 116 valence electrons. The number of ether oxygens (including phenoxy) is 1. The molecule has 5 heteroatoms. The Balaban J connectivity index is 2.51. The number of carbonyl (C=O) groups is 1. The molecule has 0 spiro atoms. The van der Waals surface area contributed by atoms with Gasteiger partial charge in [0.1, 0.15) is 11.6 Å². The Hall–Kier alpha value is -2.43. The SMILES string of the molecule is COc1ccc(NC(=O)C(C)(C)C)c(-c2ccncc2F)c1. The molecule has 2 rings (SSSR count). The third kappa shape index (κ3) is 3.42. The smallest absolute Gasteiger partial charge is 0.229 e. The van der Waals surface area contributed by atoms with Crippen molar-refractivity contribution in [3.63, 3.8) is 0 Å². The number of methoxy groups -OCH3 is 1. The van der Waals surface area contributed by atoms with Gasteiger partial charge in [-0.1, -0.05) is 20.8 Å². The number of aromatic nitrogens is 1. The van der Waals surface area contributed by atoms with Crippen molar-refractivity contribution in [2.75, 3.05) is 12.4 Å². The highest BCUT2D eigenvalue weighted by atomic mass is 19.1. The van der Waals surface area contributed by atoms with Crippen LogP contribution in [0.15, 0.2) is 36.7 Å². The lowest BCUT2D eigenvalue weighted by molar-refractivity contribution is -0.123. The van der Waals surface area contributed by atoms with E-state index in [1.807, 2.05) is 20.8 Å². The second-order valence-electron chi connectivity index (χ2n) is 5.97. The van der Waals surface area contributed by atoms with Crippen molar-refractivity contribution in [3.05, 3.63) is 42.5 Å². The number of pyridine rings is 1. The average Bonchev–Trinajstić information content (AvgIpc) is 2.47. The van der Waals surface area contributed by atoms with Crippen LogP contribution in [-0.2, 0) is 4.79 Å². The Labute approximate surface area is 129 Å². The Morgan fingerprint density at radius 3 is 2.55 bits per heavy atom. The van der Waals surface area contributed by atoms with Crippen molar-refractivity contribution < 1.29 is 13.9 Å². The van der Waals surface area contributed by atoms with Gasteiger partial charge >= 0.3 is 0 Å². The van der Waals surface area contributed by atoms with E-state index in [0.29, 0.717) is 22.6 Å². The number of anilines is 1. The fraction of sp³-hybridized carbons (Fsp3) is 0.294. The van der Waals surface area contributed by atoms with Crippen LogP contribution in [0, 0.1) is 11.2 Å². The minimum Gasteiger partial charge on any atom is -0.497 e. The van der Waals surface area contributed by atoms with E-state index >= 15 is 0 Å². The summed E-state index contributed by atoms with van der Waals surface area (Å²) in [6, 6.07) is 6.69. The summed E-state index contributed by atoms with van der Waals surface area (Å²) in [6.07, 6.45) is 2.65. The van der Waals surface area contributed by atoms with E-state index in [2.05, 4.69) is 10.3 Å². The van der Waals surface area contributed by atoms with Crippen molar-refractivity contribution in [2.24, 2.45) is 5.41 Å². The summed E-state index contributed by atoms with van der Waals surface area (Å²) in [5.74, 6) is -0.0182. The Morgan fingerprint density at radius 1 is 1.23 bits per heavy atom. The first-order chi connectivity index (χ1) is 10.3. The summed E-state index contributed by atoms with van der Waals surface area (Å²) >= 11 is 0. The number of hydrogen-bond donors (Lipinski definition) is 1. The molecule has 0 saturated heterocycles. The number of halogens is 1. The van der Waals surface area contributed by atoms with E-state index in [-0.39, 0.29) is 5.91 Å². The molecule has 1 aromatic heterocycles. The Morgan fingerprint density at radius 2 is 1.95 bits per heavy atom. The van der Waals surface area contributed by atoms with Gasteiger partial charge in [-0.15, -0.1) is 0 Å². The average molecular weight is 302 g/mol. The van der Waals surface area contributed by atoms with Gasteiger partial charge in [0.25, 0.3) is 0 Å². The molecular formula is C17H19FN2O2. The third-order valence-electron chi connectivity index (χ3n) is 3.22. The van der Waals surface area contributed by atoms with Gasteiger partial charge in [0.2, 0.25) is 5.91 Å². The second kappa shape index (κ2) is 6.13. The van der Waals surface area contributed by atoms with E-state index in [0.717, 1.165) is 6.20 Å². The largest absolute Gasteiger partial charge is 0.497 e. The first-order valence-electron chi connectivity index (χ1n) is 6.92. The summed E-state index contributed by atoms with van der Waals surface area (Å²) in [5, 5.41) is 2.85.